The summed E-state index contributed by atoms with van der Waals surface area (Å²) in [5, 5.41) is 1.82. The van der Waals surface area contributed by atoms with Gasteiger partial charge in [-0.15, -0.1) is 0 Å². The zero-order valence-corrected chi connectivity index (χ0v) is 19.3. The third kappa shape index (κ3) is 4.68. The van der Waals surface area contributed by atoms with Crippen LogP contribution in [-0.4, -0.2) is 14.0 Å². The minimum atomic E-state index is -1.44. The zero-order chi connectivity index (χ0) is 13.3. The summed E-state index contributed by atoms with van der Waals surface area (Å²) in [6.07, 6.45) is 14.6. The van der Waals surface area contributed by atoms with Crippen LogP contribution in [0.1, 0.15) is 12.8 Å². The molecule has 0 heterocycles. The van der Waals surface area contributed by atoms with E-state index in [-0.39, 0.29) is 24.8 Å². The Kier molecular flexibility index (Phi) is 8.84. The van der Waals surface area contributed by atoms with E-state index < -0.39 is 34.9 Å². The van der Waals surface area contributed by atoms with Gasteiger partial charge in [0.1, 0.15) is 0 Å². The van der Waals surface area contributed by atoms with Crippen LogP contribution in [0, 0.1) is 0 Å². The molecule has 5 heteroatoms. The molecule has 0 fully saturated rings. The molecule has 0 aromatic carbocycles. The molecule has 0 nitrogen and oxygen atoms in total. The predicted octanol–water partition coefficient (Wildman–Crippen LogP) is -1.47. The molecule has 0 amide bonds. The first kappa shape index (κ1) is 20.9. The van der Waals surface area contributed by atoms with Gasteiger partial charge >= 0.3 is 123 Å². The van der Waals surface area contributed by atoms with E-state index in [0.717, 1.165) is 0 Å². The first-order chi connectivity index (χ1) is 8.41. The van der Waals surface area contributed by atoms with Gasteiger partial charge in [-0.25, -0.2) is 0 Å². The van der Waals surface area contributed by atoms with Crippen molar-refractivity contribution in [2.45, 2.75) is 45.6 Å². The average molecular weight is 424 g/mol. The van der Waals surface area contributed by atoms with E-state index in [2.05, 4.69) is 63.1 Å². The largest absolute Gasteiger partial charge is 1.00 e. The Balaban J connectivity index is 0.00000180. The molecular weight excluding hydrogens is 398 g/mol. The minimum Gasteiger partial charge on any atom is -1.00 e. The van der Waals surface area contributed by atoms with Gasteiger partial charge in [-0.1, -0.05) is 0 Å². The van der Waals surface area contributed by atoms with Crippen LogP contribution in [0.5, 0.6) is 0 Å². The molecule has 111 valence electrons. The summed E-state index contributed by atoms with van der Waals surface area (Å²) in [5.74, 6) is -0.489. The smallest absolute Gasteiger partial charge is 1.00 e. The molecule has 0 saturated heterocycles. The zero-order valence-electron chi connectivity index (χ0n) is 13.1. The molecule has 2 aliphatic carbocycles. The van der Waals surface area contributed by atoms with Gasteiger partial charge in [0.15, 0.2) is 0 Å². The third-order valence-corrected chi connectivity index (χ3v) is 25.8. The molecule has 20 heavy (non-hydrogen) atoms. The van der Waals surface area contributed by atoms with Crippen molar-refractivity contribution < 1.29 is 45.7 Å². The molecule has 0 N–H and O–H groups in total. The van der Waals surface area contributed by atoms with Crippen LogP contribution < -0.4 is 24.8 Å². The van der Waals surface area contributed by atoms with E-state index in [1.54, 1.807) is 0 Å². The van der Waals surface area contributed by atoms with Crippen LogP contribution in [0.4, 0.5) is 0 Å². The van der Waals surface area contributed by atoms with Crippen LogP contribution in [0.3, 0.4) is 0 Å². The fourth-order valence-corrected chi connectivity index (χ4v) is 28.2. The van der Waals surface area contributed by atoms with Gasteiger partial charge in [0.25, 0.3) is 0 Å². The number of halogens is 2. The second-order valence-corrected chi connectivity index (χ2v) is 31.0. The van der Waals surface area contributed by atoms with Gasteiger partial charge in [0.2, 0.25) is 0 Å². The van der Waals surface area contributed by atoms with Crippen molar-refractivity contribution in [2.24, 2.45) is 0 Å². The van der Waals surface area contributed by atoms with Crippen molar-refractivity contribution in [2.75, 3.05) is 0 Å². The fourth-order valence-electron chi connectivity index (χ4n) is 3.02. The monoisotopic (exact) mass is 421 g/mol. The normalized spacial score (nSPS) is 17.2. The second kappa shape index (κ2) is 8.48. The van der Waals surface area contributed by atoms with Crippen molar-refractivity contribution >= 4 is 14.0 Å². The molecule has 0 unspecified atom stereocenters. The summed E-state index contributed by atoms with van der Waals surface area (Å²) in [7, 11) is -1.13. The Labute approximate surface area is 146 Å². The maximum Gasteiger partial charge on any atom is -1.00 e. The first-order valence-electron chi connectivity index (χ1n) is 7.04. The summed E-state index contributed by atoms with van der Waals surface area (Å²) in [4.78, 5) is 0. The van der Waals surface area contributed by atoms with E-state index in [1.807, 2.05) is 11.8 Å². The SMILES string of the molecule is C[SiH](C)[Zr+2]([C]1=CC=CC1)[C]1=C([Si](C)(C)C)C=CC1.[Cl-].[Cl-]. The molecule has 0 bridgehead atoms. The topological polar surface area (TPSA) is 0 Å². The van der Waals surface area contributed by atoms with E-state index in [1.165, 1.54) is 12.8 Å². The van der Waals surface area contributed by atoms with Gasteiger partial charge in [0.05, 0.1) is 0 Å². The maximum atomic E-state index is 2.60. The molecule has 0 spiro atoms. The van der Waals surface area contributed by atoms with Crippen LogP contribution in [0.25, 0.3) is 0 Å². The Morgan fingerprint density at radius 2 is 1.70 bits per heavy atom. The third-order valence-electron chi connectivity index (χ3n) is 3.76. The van der Waals surface area contributed by atoms with Gasteiger partial charge in [-0.05, 0) is 0 Å². The number of rotatable bonds is 4. The summed E-state index contributed by atoms with van der Waals surface area (Å²) in [6.45, 7) is 12.7. The quantitative estimate of drug-likeness (QED) is 0.485. The van der Waals surface area contributed by atoms with Crippen molar-refractivity contribution in [1.82, 2.24) is 0 Å². The van der Waals surface area contributed by atoms with Crippen LogP contribution in [0.15, 0.2) is 42.1 Å². The molecule has 2 aliphatic rings. The van der Waals surface area contributed by atoms with Gasteiger partial charge in [-0.3, -0.25) is 0 Å². The fraction of sp³-hybridized carbons (Fsp3) is 0.467. The molecule has 2 rings (SSSR count). The Hall–Kier alpha value is 0.857. The molecule has 0 aromatic rings. The number of hydrogen-bond donors (Lipinski definition) is 0. The summed E-state index contributed by atoms with van der Waals surface area (Å²) >= 11 is -1.44. The Morgan fingerprint density at radius 3 is 2.15 bits per heavy atom. The van der Waals surface area contributed by atoms with Crippen LogP contribution >= 0.6 is 0 Å². The summed E-state index contributed by atoms with van der Waals surface area (Å²) in [6, 6.07) is 0. The number of hydrogen-bond acceptors (Lipinski definition) is 0. The molecule has 0 radical (unpaired) electrons. The van der Waals surface area contributed by atoms with Crippen molar-refractivity contribution in [3.63, 3.8) is 0 Å². The Bertz CT molecular complexity index is 457. The maximum absolute atomic E-state index is 2.60. The molecule has 0 aromatic heterocycles. The van der Waals surface area contributed by atoms with E-state index in [0.29, 0.717) is 0 Å². The first-order valence-corrected chi connectivity index (χ1v) is 20.1. The van der Waals surface area contributed by atoms with E-state index in [9.17, 15) is 0 Å². The van der Waals surface area contributed by atoms with Crippen molar-refractivity contribution in [3.05, 3.63) is 42.1 Å². The Morgan fingerprint density at radius 1 is 1.05 bits per heavy atom. The second-order valence-electron chi connectivity index (χ2n) is 6.64. The van der Waals surface area contributed by atoms with Gasteiger partial charge < -0.3 is 24.8 Å². The van der Waals surface area contributed by atoms with Crippen molar-refractivity contribution in [1.29, 1.82) is 0 Å². The predicted molar refractivity (Wildman–Crippen MR) is 84.8 cm³/mol. The van der Waals surface area contributed by atoms with Gasteiger partial charge in [0, 0.05) is 0 Å². The van der Waals surface area contributed by atoms with Crippen LogP contribution in [0.2, 0.25) is 32.7 Å². The summed E-state index contributed by atoms with van der Waals surface area (Å²) in [5.41, 5.74) is 0. The standard InChI is InChI=1S/C8H13Si.C5H5.C2H7Si.2ClH.Zr/c1-9(2,3)8-6-4-5-7-8;1-2-4-5-3-1;1-3-2;;;/h4,6H,5H2,1-3H3;1-3H,4H2;3H,1-2H3;2*1H;/q;;;;;+2/p-2. The number of allylic oxidation sites excluding steroid dienone is 8. The molecule has 0 atom stereocenters. The van der Waals surface area contributed by atoms with Crippen molar-refractivity contribution in [3.8, 4) is 0 Å². The summed E-state index contributed by atoms with van der Waals surface area (Å²) < 4.78 is 3.86. The van der Waals surface area contributed by atoms with E-state index in [4.69, 9.17) is 0 Å². The average Bonchev–Trinajstić information content (AvgIpc) is 2.86. The molecule has 0 saturated carbocycles. The van der Waals surface area contributed by atoms with Gasteiger partial charge in [-0.2, -0.15) is 0 Å². The van der Waals surface area contributed by atoms with Crippen LogP contribution in [-0.2, 0) is 20.9 Å². The molecule has 0 aliphatic heterocycles. The minimum absolute atomic E-state index is 0. The van der Waals surface area contributed by atoms with E-state index >= 15 is 0 Å². The molecular formula is C15H25Cl2Si2Zr.